The van der Waals surface area contributed by atoms with Gasteiger partial charge in [0.15, 0.2) is 0 Å². The van der Waals surface area contributed by atoms with Crippen molar-refractivity contribution in [1.29, 1.82) is 0 Å². The molecule has 0 aromatic heterocycles. The number of carbonyl (C=O) groups is 1. The fraction of sp³-hybridized carbons (Fsp3) is 0.833. The van der Waals surface area contributed by atoms with Crippen LogP contribution >= 0.6 is 34.8 Å². The lowest BCUT2D eigenvalue weighted by Crippen LogP contribution is -2.33. The standard InChI is InChI=1S/C6H7Cl3F2O2/c1-2-13-4(12)5(7,8)3-6(9,10)11/h2-3H2,1H3. The van der Waals surface area contributed by atoms with E-state index in [4.69, 9.17) is 23.2 Å². The Hall–Kier alpha value is 0.200. The molecule has 0 amide bonds. The summed E-state index contributed by atoms with van der Waals surface area (Å²) in [6.07, 6.45) is -1.19. The topological polar surface area (TPSA) is 26.3 Å². The molecule has 2 nitrogen and oxygen atoms in total. The molecule has 0 N–H and O–H groups in total. The van der Waals surface area contributed by atoms with Crippen molar-refractivity contribution < 1.29 is 18.3 Å². The number of ether oxygens (including phenoxy) is 1. The SMILES string of the molecule is CCOC(=O)C(Cl)(Cl)CC(F)(F)Cl. The van der Waals surface area contributed by atoms with Gasteiger partial charge in [-0.15, -0.1) is 0 Å². The summed E-state index contributed by atoms with van der Waals surface area (Å²) in [6, 6.07) is 0. The van der Waals surface area contributed by atoms with Crippen LogP contribution in [0.25, 0.3) is 0 Å². The molecule has 0 aromatic rings. The smallest absolute Gasteiger partial charge is 0.342 e. The molecule has 0 aromatic carbocycles. The predicted molar refractivity (Wildman–Crippen MR) is 46.5 cm³/mol. The van der Waals surface area contributed by atoms with Gasteiger partial charge in [-0.1, -0.05) is 23.2 Å². The van der Waals surface area contributed by atoms with Crippen LogP contribution in [-0.2, 0) is 9.53 Å². The Balaban J connectivity index is 4.30. The lowest BCUT2D eigenvalue weighted by Gasteiger charge is -2.19. The first-order valence-electron chi connectivity index (χ1n) is 3.31. The number of carbonyl (C=O) groups excluding carboxylic acids is 1. The number of alkyl halides is 5. The highest BCUT2D eigenvalue weighted by molar-refractivity contribution is 6.57. The van der Waals surface area contributed by atoms with Gasteiger partial charge in [-0.05, 0) is 18.5 Å². The van der Waals surface area contributed by atoms with Gasteiger partial charge in [0.05, 0.1) is 13.0 Å². The Morgan fingerprint density at radius 2 is 1.85 bits per heavy atom. The van der Waals surface area contributed by atoms with Gasteiger partial charge in [0.1, 0.15) is 0 Å². The number of hydrogen-bond acceptors (Lipinski definition) is 2. The maximum Gasteiger partial charge on any atom is 0.342 e. The Morgan fingerprint density at radius 1 is 1.38 bits per heavy atom. The fourth-order valence-electron chi connectivity index (χ4n) is 0.561. The molecule has 0 fully saturated rings. The van der Waals surface area contributed by atoms with E-state index in [0.717, 1.165) is 0 Å². The summed E-state index contributed by atoms with van der Waals surface area (Å²) < 4.78 is 26.5. The molecule has 0 aliphatic rings. The van der Waals surface area contributed by atoms with E-state index >= 15 is 0 Å². The van der Waals surface area contributed by atoms with Gasteiger partial charge < -0.3 is 4.74 Å². The van der Waals surface area contributed by atoms with E-state index in [9.17, 15) is 13.6 Å². The van der Waals surface area contributed by atoms with E-state index in [2.05, 4.69) is 16.3 Å². The van der Waals surface area contributed by atoms with E-state index in [0.29, 0.717) is 0 Å². The van der Waals surface area contributed by atoms with Crippen LogP contribution < -0.4 is 0 Å². The summed E-state index contributed by atoms with van der Waals surface area (Å²) in [5.41, 5.74) is 0. The minimum absolute atomic E-state index is 0.00782. The highest BCUT2D eigenvalue weighted by atomic mass is 35.5. The van der Waals surface area contributed by atoms with E-state index in [1.54, 1.807) is 0 Å². The lowest BCUT2D eigenvalue weighted by atomic mass is 10.3. The van der Waals surface area contributed by atoms with Gasteiger partial charge in [0, 0.05) is 0 Å². The van der Waals surface area contributed by atoms with Crippen molar-refractivity contribution >= 4 is 40.8 Å². The molecule has 7 heteroatoms. The van der Waals surface area contributed by atoms with Crippen molar-refractivity contribution in [2.75, 3.05) is 6.61 Å². The van der Waals surface area contributed by atoms with E-state index in [1.807, 2.05) is 0 Å². The van der Waals surface area contributed by atoms with Gasteiger partial charge in [0.2, 0.25) is 4.33 Å². The van der Waals surface area contributed by atoms with Crippen molar-refractivity contribution in [2.24, 2.45) is 0 Å². The monoisotopic (exact) mass is 254 g/mol. The second-order valence-corrected chi connectivity index (χ2v) is 4.25. The number of halogens is 5. The van der Waals surface area contributed by atoms with Crippen molar-refractivity contribution in [2.45, 2.75) is 23.1 Å². The van der Waals surface area contributed by atoms with E-state index < -0.39 is 22.1 Å². The van der Waals surface area contributed by atoms with Crippen molar-refractivity contribution in [3.05, 3.63) is 0 Å². The molecule has 0 saturated heterocycles. The van der Waals surface area contributed by atoms with Crippen LogP contribution in [0.3, 0.4) is 0 Å². The third kappa shape index (κ3) is 5.49. The first kappa shape index (κ1) is 13.2. The zero-order chi connectivity index (χ0) is 10.7. The second-order valence-electron chi connectivity index (χ2n) is 2.22. The highest BCUT2D eigenvalue weighted by Crippen LogP contribution is 2.37. The molecule has 0 spiro atoms. The highest BCUT2D eigenvalue weighted by Gasteiger charge is 2.45. The molecule has 0 saturated carbocycles. The molecule has 0 unspecified atom stereocenters. The lowest BCUT2D eigenvalue weighted by molar-refractivity contribution is -0.145. The van der Waals surface area contributed by atoms with Crippen LogP contribution in [0.2, 0.25) is 0 Å². The molecule has 0 radical (unpaired) electrons. The number of hydrogen-bond donors (Lipinski definition) is 0. The molecule has 0 atom stereocenters. The summed E-state index contributed by atoms with van der Waals surface area (Å²) in [4.78, 5) is 10.9. The minimum atomic E-state index is -3.63. The molecular formula is C6H7Cl3F2O2. The molecule has 0 rings (SSSR count). The summed E-state index contributed by atoms with van der Waals surface area (Å²) in [6.45, 7) is 1.51. The van der Waals surface area contributed by atoms with Crippen molar-refractivity contribution in [3.8, 4) is 0 Å². The van der Waals surface area contributed by atoms with Gasteiger partial charge in [0.25, 0.3) is 0 Å². The average molecular weight is 255 g/mol. The Labute approximate surface area is 89.1 Å². The molecule has 13 heavy (non-hydrogen) atoms. The first-order valence-corrected chi connectivity index (χ1v) is 4.44. The van der Waals surface area contributed by atoms with Crippen molar-refractivity contribution in [3.63, 3.8) is 0 Å². The largest absolute Gasteiger partial charge is 0.464 e. The van der Waals surface area contributed by atoms with Crippen LogP contribution in [-0.4, -0.2) is 22.3 Å². The van der Waals surface area contributed by atoms with Crippen LogP contribution in [0.4, 0.5) is 8.78 Å². The third-order valence-electron chi connectivity index (χ3n) is 0.997. The molecular weight excluding hydrogens is 248 g/mol. The first-order chi connectivity index (χ1) is 5.69. The van der Waals surface area contributed by atoms with Crippen LogP contribution in [0.5, 0.6) is 0 Å². The predicted octanol–water partition coefficient (Wildman–Crippen LogP) is 2.95. The number of rotatable bonds is 4. The molecule has 0 aliphatic heterocycles. The summed E-state index contributed by atoms with van der Waals surface area (Å²) in [5.74, 6) is -1.13. The number of esters is 1. The third-order valence-corrected chi connectivity index (χ3v) is 1.71. The maximum absolute atomic E-state index is 12.2. The summed E-state index contributed by atoms with van der Waals surface area (Å²) in [7, 11) is 0. The van der Waals surface area contributed by atoms with E-state index in [1.165, 1.54) is 6.92 Å². The Bertz CT molecular complexity index is 191. The zero-order valence-corrected chi connectivity index (χ0v) is 8.89. The van der Waals surface area contributed by atoms with Gasteiger partial charge in [-0.3, -0.25) is 0 Å². The Morgan fingerprint density at radius 3 is 2.15 bits per heavy atom. The normalized spacial score (nSPS) is 12.8. The average Bonchev–Trinajstić information content (AvgIpc) is 1.82. The summed E-state index contributed by atoms with van der Waals surface area (Å²) >= 11 is 15.1. The maximum atomic E-state index is 12.2. The minimum Gasteiger partial charge on any atom is -0.464 e. The van der Waals surface area contributed by atoms with Crippen molar-refractivity contribution in [1.82, 2.24) is 0 Å². The zero-order valence-electron chi connectivity index (χ0n) is 6.62. The fourth-order valence-corrected chi connectivity index (χ4v) is 1.34. The molecule has 0 heterocycles. The molecule has 0 bridgehead atoms. The van der Waals surface area contributed by atoms with Gasteiger partial charge in [-0.2, -0.15) is 8.78 Å². The van der Waals surface area contributed by atoms with Crippen LogP contribution in [0, 0.1) is 0 Å². The second kappa shape index (κ2) is 4.62. The summed E-state index contributed by atoms with van der Waals surface area (Å²) in [5, 5.41) is -3.63. The molecule has 0 aliphatic carbocycles. The quantitative estimate of drug-likeness (QED) is 0.570. The van der Waals surface area contributed by atoms with Gasteiger partial charge in [-0.25, -0.2) is 4.79 Å². The van der Waals surface area contributed by atoms with Crippen LogP contribution in [0.1, 0.15) is 13.3 Å². The molecule has 78 valence electrons. The van der Waals surface area contributed by atoms with Crippen LogP contribution in [0.15, 0.2) is 0 Å². The van der Waals surface area contributed by atoms with Gasteiger partial charge >= 0.3 is 11.4 Å². The van der Waals surface area contributed by atoms with E-state index in [-0.39, 0.29) is 6.61 Å². The Kier molecular flexibility index (Phi) is 4.69.